The number of nitrogens with one attached hydrogen (secondary N) is 1. The Morgan fingerprint density at radius 2 is 1.86 bits per heavy atom. The van der Waals surface area contributed by atoms with Gasteiger partial charge in [0, 0.05) is 24.0 Å². The number of carbonyl (C=O) groups is 1. The van der Waals surface area contributed by atoms with Crippen molar-refractivity contribution >= 4 is 34.7 Å². The van der Waals surface area contributed by atoms with Crippen LogP contribution in [0.15, 0.2) is 48.5 Å². The third-order valence-electron chi connectivity index (χ3n) is 4.31. The minimum atomic E-state index is -0.442. The minimum absolute atomic E-state index is 0.420. The molecule has 0 radical (unpaired) electrons. The first-order valence-electron chi connectivity index (χ1n) is 10.1. The number of nitrogens with zero attached hydrogens (tertiary/aromatic N) is 1. The Bertz CT molecular complexity index is 793. The van der Waals surface area contributed by atoms with Gasteiger partial charge in [-0.25, -0.2) is 4.79 Å². The third kappa shape index (κ3) is 7.83. The van der Waals surface area contributed by atoms with Gasteiger partial charge in [0.05, 0.1) is 18.1 Å². The van der Waals surface area contributed by atoms with E-state index in [0.717, 1.165) is 41.2 Å². The summed E-state index contributed by atoms with van der Waals surface area (Å²) in [6, 6.07) is 15.0. The molecule has 2 aromatic carbocycles. The second-order valence-electron chi connectivity index (χ2n) is 6.75. The lowest BCUT2D eigenvalue weighted by atomic mass is 10.2. The predicted molar refractivity (Wildman–Crippen MR) is 123 cm³/mol. The average Bonchev–Trinajstić information content (AvgIpc) is 2.71. The quantitative estimate of drug-likeness (QED) is 0.384. The van der Waals surface area contributed by atoms with E-state index in [1.54, 1.807) is 17.0 Å². The van der Waals surface area contributed by atoms with Gasteiger partial charge in [0.15, 0.2) is 0 Å². The molecule has 2 rings (SSSR count). The van der Waals surface area contributed by atoms with Crippen molar-refractivity contribution in [1.82, 2.24) is 0 Å². The molecule has 0 unspecified atom stereocenters. The molecule has 156 valence electrons. The van der Waals surface area contributed by atoms with Gasteiger partial charge in [-0.15, -0.1) is 0 Å². The summed E-state index contributed by atoms with van der Waals surface area (Å²) in [5.41, 5.74) is 2.71. The van der Waals surface area contributed by atoms with Crippen molar-refractivity contribution < 1.29 is 14.3 Å². The fourth-order valence-corrected chi connectivity index (χ4v) is 2.72. The monoisotopic (exact) mass is 414 g/mol. The Kier molecular flexibility index (Phi) is 9.60. The number of benzene rings is 2. The van der Waals surface area contributed by atoms with E-state index in [1.165, 1.54) is 0 Å². The normalized spacial score (nSPS) is 10.4. The average molecular weight is 415 g/mol. The fourth-order valence-electron chi connectivity index (χ4n) is 2.60. The number of unbranched alkanes of at least 4 members (excludes halogenated alkanes) is 1. The molecule has 0 aliphatic rings. The predicted octanol–water partition coefficient (Wildman–Crippen LogP) is 5.97. The first-order valence-corrected chi connectivity index (χ1v) is 10.5. The van der Waals surface area contributed by atoms with Crippen LogP contribution in [0.3, 0.4) is 0 Å². The van der Waals surface area contributed by atoms with E-state index in [9.17, 15) is 4.79 Å². The highest BCUT2D eigenvalue weighted by atomic mass is 32.1. The number of hydrogen-bond acceptors (Lipinski definition) is 4. The van der Waals surface area contributed by atoms with Crippen LogP contribution in [0.4, 0.5) is 16.2 Å². The maximum Gasteiger partial charge on any atom is 0.419 e. The number of aryl methyl sites for hydroxylation is 1. The van der Waals surface area contributed by atoms with Crippen molar-refractivity contribution in [3.8, 4) is 5.75 Å². The van der Waals surface area contributed by atoms with Crippen LogP contribution in [0.25, 0.3) is 0 Å². The molecule has 0 saturated heterocycles. The minimum Gasteiger partial charge on any atom is -0.410 e. The number of amides is 1. The molecule has 0 spiro atoms. The van der Waals surface area contributed by atoms with E-state index in [0.29, 0.717) is 25.5 Å². The van der Waals surface area contributed by atoms with E-state index in [1.807, 2.05) is 50.2 Å². The van der Waals surface area contributed by atoms with Crippen LogP contribution in [0.1, 0.15) is 38.7 Å². The summed E-state index contributed by atoms with van der Waals surface area (Å²) in [7, 11) is 0. The lowest BCUT2D eigenvalue weighted by Gasteiger charge is -2.22. The van der Waals surface area contributed by atoms with E-state index in [2.05, 4.69) is 12.2 Å². The van der Waals surface area contributed by atoms with Crippen molar-refractivity contribution in [3.05, 3.63) is 54.1 Å². The number of ether oxygens (including phenoxy) is 2. The van der Waals surface area contributed by atoms with Crippen LogP contribution >= 0.6 is 12.2 Å². The molecule has 0 fully saturated rings. The van der Waals surface area contributed by atoms with Crippen LogP contribution in [-0.2, 0) is 4.74 Å². The molecule has 0 aromatic heterocycles. The zero-order valence-electron chi connectivity index (χ0n) is 17.4. The first kappa shape index (κ1) is 22.8. The maximum absolute atomic E-state index is 12.9. The molecule has 1 N–H and O–H groups in total. The third-order valence-corrected chi connectivity index (χ3v) is 4.70. The van der Waals surface area contributed by atoms with Crippen LogP contribution in [0.5, 0.6) is 5.75 Å². The summed E-state index contributed by atoms with van der Waals surface area (Å²) in [5, 5.41) is 3.13. The highest BCUT2D eigenvalue weighted by Crippen LogP contribution is 2.21. The Balaban J connectivity index is 2.08. The summed E-state index contributed by atoms with van der Waals surface area (Å²) < 4.78 is 11.3. The Hall–Kier alpha value is -2.44. The number of anilines is 2. The SMILES string of the molecule is CCCCOCCN(C(=O)Oc1cccc(NC(=S)CC)c1)c1ccc(C)cc1. The molecular formula is C23H30N2O3S. The van der Waals surface area contributed by atoms with Gasteiger partial charge < -0.3 is 14.8 Å². The zero-order chi connectivity index (χ0) is 21.1. The molecule has 0 aliphatic heterocycles. The molecule has 6 heteroatoms. The number of carbonyl (C=O) groups excluding carboxylic acids is 1. The summed E-state index contributed by atoms with van der Waals surface area (Å²) in [4.78, 5) is 15.2. The van der Waals surface area contributed by atoms with Gasteiger partial charge in [0.25, 0.3) is 0 Å². The largest absolute Gasteiger partial charge is 0.419 e. The van der Waals surface area contributed by atoms with Crippen LogP contribution < -0.4 is 15.0 Å². The smallest absolute Gasteiger partial charge is 0.410 e. The van der Waals surface area contributed by atoms with Gasteiger partial charge in [0.2, 0.25) is 0 Å². The second kappa shape index (κ2) is 12.2. The van der Waals surface area contributed by atoms with Crippen molar-refractivity contribution in [2.45, 2.75) is 40.0 Å². The summed E-state index contributed by atoms with van der Waals surface area (Å²) >= 11 is 5.22. The van der Waals surface area contributed by atoms with Crippen molar-refractivity contribution in [2.75, 3.05) is 30.0 Å². The van der Waals surface area contributed by atoms with Crippen LogP contribution in [0, 0.1) is 6.92 Å². The molecule has 0 heterocycles. The molecule has 5 nitrogen and oxygen atoms in total. The van der Waals surface area contributed by atoms with E-state index in [4.69, 9.17) is 21.7 Å². The standard InChI is InChI=1S/C23H30N2O3S/c1-4-6-15-27-16-14-25(20-12-10-18(3)11-13-20)23(26)28-21-9-7-8-19(17-21)24-22(29)5-2/h7-13,17H,4-6,14-16H2,1-3H3,(H,24,29). The Morgan fingerprint density at radius 1 is 1.10 bits per heavy atom. The van der Waals surface area contributed by atoms with Crippen LogP contribution in [0.2, 0.25) is 0 Å². The van der Waals surface area contributed by atoms with Gasteiger partial charge >= 0.3 is 6.09 Å². The van der Waals surface area contributed by atoms with Crippen molar-refractivity contribution in [3.63, 3.8) is 0 Å². The lowest BCUT2D eigenvalue weighted by Crippen LogP contribution is -2.36. The van der Waals surface area contributed by atoms with E-state index < -0.39 is 6.09 Å². The van der Waals surface area contributed by atoms with Gasteiger partial charge in [0.1, 0.15) is 5.75 Å². The molecule has 0 aliphatic carbocycles. The van der Waals surface area contributed by atoms with E-state index >= 15 is 0 Å². The highest BCUT2D eigenvalue weighted by molar-refractivity contribution is 7.80. The molecule has 0 atom stereocenters. The number of thiocarbonyl (C=S) groups is 1. The first-order chi connectivity index (χ1) is 14.0. The Morgan fingerprint density at radius 3 is 2.55 bits per heavy atom. The second-order valence-corrected chi connectivity index (χ2v) is 7.24. The maximum atomic E-state index is 12.9. The number of rotatable bonds is 10. The summed E-state index contributed by atoms with van der Waals surface area (Å²) in [6.45, 7) is 7.69. The molecule has 0 bridgehead atoms. The molecule has 0 saturated carbocycles. The molecule has 29 heavy (non-hydrogen) atoms. The van der Waals surface area contributed by atoms with Gasteiger partial charge in [-0.1, -0.05) is 56.2 Å². The van der Waals surface area contributed by atoms with Gasteiger partial charge in [-0.2, -0.15) is 0 Å². The van der Waals surface area contributed by atoms with Crippen molar-refractivity contribution in [1.29, 1.82) is 0 Å². The van der Waals surface area contributed by atoms with Gasteiger partial charge in [-0.05, 0) is 44.0 Å². The van der Waals surface area contributed by atoms with Gasteiger partial charge in [-0.3, -0.25) is 4.90 Å². The topological polar surface area (TPSA) is 50.8 Å². The van der Waals surface area contributed by atoms with Crippen LogP contribution in [-0.4, -0.2) is 30.8 Å². The van der Waals surface area contributed by atoms with Crippen molar-refractivity contribution in [2.24, 2.45) is 0 Å². The molecule has 2 aromatic rings. The lowest BCUT2D eigenvalue weighted by molar-refractivity contribution is 0.135. The fraction of sp³-hybridized carbons (Fsp3) is 0.391. The Labute approximate surface area is 179 Å². The molecule has 1 amide bonds. The zero-order valence-corrected chi connectivity index (χ0v) is 18.3. The van der Waals surface area contributed by atoms with E-state index in [-0.39, 0.29) is 0 Å². The summed E-state index contributed by atoms with van der Waals surface area (Å²) in [6.07, 6.45) is 2.39. The molecular weight excluding hydrogens is 384 g/mol. The highest BCUT2D eigenvalue weighted by Gasteiger charge is 2.18. The summed E-state index contributed by atoms with van der Waals surface area (Å²) in [5.74, 6) is 0.461. The number of hydrogen-bond donors (Lipinski definition) is 1.